The molecular formula is C19H24N4O3S. The normalized spacial score (nSPS) is 21.3. The van der Waals surface area contributed by atoms with Crippen LogP contribution in [0.2, 0.25) is 0 Å². The Hall–Kier alpha value is -2.22. The average molecular weight is 388 g/mol. The van der Waals surface area contributed by atoms with E-state index in [1.165, 1.54) is 0 Å². The first-order chi connectivity index (χ1) is 13.0. The van der Waals surface area contributed by atoms with E-state index in [4.69, 9.17) is 0 Å². The minimum atomic E-state index is -3.01. The molecule has 0 spiro atoms. The molecule has 1 aliphatic carbocycles. The first-order valence-electron chi connectivity index (χ1n) is 9.50. The van der Waals surface area contributed by atoms with Crippen LogP contribution in [-0.2, 0) is 21.1 Å². The van der Waals surface area contributed by atoms with Crippen molar-refractivity contribution in [1.82, 2.24) is 14.8 Å². The molecule has 1 atom stereocenters. The van der Waals surface area contributed by atoms with Crippen LogP contribution in [0, 0.1) is 0 Å². The first-order valence-corrected chi connectivity index (χ1v) is 11.3. The number of carbonyl (C=O) groups excluding carboxylic acids is 1. The Morgan fingerprint density at radius 1 is 1.26 bits per heavy atom. The van der Waals surface area contributed by atoms with Crippen molar-refractivity contribution < 1.29 is 13.2 Å². The minimum Gasteiger partial charge on any atom is -0.311 e. The van der Waals surface area contributed by atoms with E-state index in [0.717, 1.165) is 30.7 Å². The Balaban J connectivity index is 1.40. The number of nitrogens with one attached hydrogen (secondary N) is 1. The maximum absolute atomic E-state index is 12.4. The molecule has 0 aromatic carbocycles. The molecule has 2 fully saturated rings. The number of amides is 1. The summed E-state index contributed by atoms with van der Waals surface area (Å²) in [7, 11) is -3.01. The van der Waals surface area contributed by atoms with Crippen molar-refractivity contribution in [2.45, 2.75) is 50.5 Å². The second-order valence-electron chi connectivity index (χ2n) is 7.45. The maximum atomic E-state index is 12.4. The predicted molar refractivity (Wildman–Crippen MR) is 102 cm³/mol. The molecule has 2 aliphatic rings. The highest BCUT2D eigenvalue weighted by Crippen LogP contribution is 2.41. The highest BCUT2D eigenvalue weighted by molar-refractivity contribution is 7.91. The van der Waals surface area contributed by atoms with Gasteiger partial charge in [0.2, 0.25) is 5.91 Å². The van der Waals surface area contributed by atoms with Crippen LogP contribution in [0.1, 0.15) is 55.5 Å². The van der Waals surface area contributed by atoms with E-state index in [0.29, 0.717) is 31.0 Å². The van der Waals surface area contributed by atoms with Crippen molar-refractivity contribution in [3.05, 3.63) is 41.9 Å². The number of nitrogens with zero attached hydrogens (tertiary/aromatic N) is 3. The van der Waals surface area contributed by atoms with E-state index >= 15 is 0 Å². The van der Waals surface area contributed by atoms with Gasteiger partial charge in [-0.15, -0.1) is 0 Å². The zero-order chi connectivity index (χ0) is 18.9. The summed E-state index contributed by atoms with van der Waals surface area (Å²) in [6.45, 7) is 0. The second-order valence-corrected chi connectivity index (χ2v) is 9.68. The first kappa shape index (κ1) is 18.2. The number of sulfone groups is 1. The van der Waals surface area contributed by atoms with Crippen LogP contribution in [0.4, 0.5) is 5.82 Å². The van der Waals surface area contributed by atoms with Crippen LogP contribution in [0.25, 0.3) is 0 Å². The zero-order valence-corrected chi connectivity index (χ0v) is 16.0. The smallest absolute Gasteiger partial charge is 0.225 e. The molecule has 4 rings (SSSR count). The topological polar surface area (TPSA) is 93.9 Å². The number of pyridine rings is 1. The Morgan fingerprint density at radius 3 is 2.78 bits per heavy atom. The lowest BCUT2D eigenvalue weighted by molar-refractivity contribution is -0.116. The predicted octanol–water partition coefficient (Wildman–Crippen LogP) is 2.48. The number of aryl methyl sites for hydroxylation is 1. The highest BCUT2D eigenvalue weighted by atomic mass is 32.2. The fourth-order valence-corrected chi connectivity index (χ4v) is 5.21. The van der Waals surface area contributed by atoms with Crippen molar-refractivity contribution in [1.29, 1.82) is 0 Å². The summed E-state index contributed by atoms with van der Waals surface area (Å²) in [6, 6.07) is 7.49. The Kier molecular flexibility index (Phi) is 4.99. The Bertz CT molecular complexity index is 920. The Labute approximate surface area is 159 Å². The van der Waals surface area contributed by atoms with Gasteiger partial charge in [-0.2, -0.15) is 5.10 Å². The van der Waals surface area contributed by atoms with Crippen molar-refractivity contribution in [2.24, 2.45) is 0 Å². The molecule has 2 aromatic rings. The number of rotatable bonds is 7. The molecule has 1 aliphatic heterocycles. The van der Waals surface area contributed by atoms with Gasteiger partial charge in [0.1, 0.15) is 5.82 Å². The molecule has 0 radical (unpaired) electrons. The summed E-state index contributed by atoms with van der Waals surface area (Å²) in [6.07, 6.45) is 6.38. The monoisotopic (exact) mass is 388 g/mol. The third-order valence-corrected chi connectivity index (χ3v) is 6.89. The van der Waals surface area contributed by atoms with Gasteiger partial charge in [0.05, 0.1) is 23.2 Å². The lowest BCUT2D eigenvalue weighted by atomic mass is 10.1. The fraction of sp³-hybridized carbons (Fsp3) is 0.526. The third-order valence-electron chi connectivity index (χ3n) is 5.13. The minimum absolute atomic E-state index is 0.0738. The van der Waals surface area contributed by atoms with Gasteiger partial charge in [0, 0.05) is 30.3 Å². The number of carbonyl (C=O) groups is 1. The zero-order valence-electron chi connectivity index (χ0n) is 15.2. The molecule has 2 aromatic heterocycles. The molecule has 0 bridgehead atoms. The van der Waals surface area contributed by atoms with Crippen LogP contribution in [0.5, 0.6) is 0 Å². The van der Waals surface area contributed by atoms with E-state index in [2.05, 4.69) is 15.4 Å². The molecule has 1 saturated carbocycles. The number of aromatic nitrogens is 3. The molecule has 0 unspecified atom stereocenters. The fourth-order valence-electron chi connectivity index (χ4n) is 3.51. The van der Waals surface area contributed by atoms with Gasteiger partial charge in [-0.25, -0.2) is 13.1 Å². The summed E-state index contributed by atoms with van der Waals surface area (Å²) in [5.41, 5.74) is 1.94. The molecule has 8 heteroatoms. The van der Waals surface area contributed by atoms with Crippen LogP contribution >= 0.6 is 0 Å². The second kappa shape index (κ2) is 7.42. The van der Waals surface area contributed by atoms with Gasteiger partial charge in [-0.3, -0.25) is 9.78 Å². The quantitative estimate of drug-likeness (QED) is 0.786. The standard InChI is InChI=1S/C19H24N4O3S/c24-19(6-3-5-15-4-1-2-10-20-15)21-18-12-17(14-7-8-14)22-23(18)16-9-11-27(25,26)13-16/h1-2,4,10,12,14,16H,3,5-9,11,13H2,(H,21,24)/t16-/m0/s1. The summed E-state index contributed by atoms with van der Waals surface area (Å²) < 4.78 is 25.4. The molecule has 1 saturated heterocycles. The SMILES string of the molecule is O=C(CCCc1ccccn1)Nc1cc(C2CC2)nn1[C@H]1CCS(=O)(=O)C1. The lowest BCUT2D eigenvalue weighted by Crippen LogP contribution is -2.19. The van der Waals surface area contributed by atoms with E-state index in [1.54, 1.807) is 10.9 Å². The van der Waals surface area contributed by atoms with Crippen molar-refractivity contribution >= 4 is 21.6 Å². The highest BCUT2D eigenvalue weighted by Gasteiger charge is 2.34. The van der Waals surface area contributed by atoms with Gasteiger partial charge in [0.25, 0.3) is 0 Å². The average Bonchev–Trinajstić information content (AvgIpc) is 3.31. The summed E-state index contributed by atoms with van der Waals surface area (Å²) >= 11 is 0. The largest absolute Gasteiger partial charge is 0.311 e. The van der Waals surface area contributed by atoms with Gasteiger partial charge in [-0.1, -0.05) is 6.07 Å². The van der Waals surface area contributed by atoms with Gasteiger partial charge in [-0.05, 0) is 44.2 Å². The van der Waals surface area contributed by atoms with Crippen LogP contribution in [0.15, 0.2) is 30.5 Å². The van der Waals surface area contributed by atoms with Crippen LogP contribution in [0.3, 0.4) is 0 Å². The maximum Gasteiger partial charge on any atom is 0.225 e. The molecule has 3 heterocycles. The molecule has 1 N–H and O–H groups in total. The summed E-state index contributed by atoms with van der Waals surface area (Å²) in [5.74, 6) is 1.29. The Morgan fingerprint density at radius 2 is 2.11 bits per heavy atom. The van der Waals surface area contributed by atoms with Crippen LogP contribution < -0.4 is 5.32 Å². The van der Waals surface area contributed by atoms with Gasteiger partial charge in [0.15, 0.2) is 9.84 Å². The molecule has 7 nitrogen and oxygen atoms in total. The summed E-state index contributed by atoms with van der Waals surface area (Å²) in [4.78, 5) is 16.7. The molecule has 1 amide bonds. The lowest BCUT2D eigenvalue weighted by Gasteiger charge is -2.13. The van der Waals surface area contributed by atoms with E-state index in [1.807, 2.05) is 24.3 Å². The third kappa shape index (κ3) is 4.55. The van der Waals surface area contributed by atoms with E-state index in [9.17, 15) is 13.2 Å². The van der Waals surface area contributed by atoms with Gasteiger partial charge < -0.3 is 5.32 Å². The number of hydrogen-bond donors (Lipinski definition) is 1. The van der Waals surface area contributed by atoms with E-state index < -0.39 is 9.84 Å². The van der Waals surface area contributed by atoms with Crippen molar-refractivity contribution in [3.8, 4) is 0 Å². The molecular weight excluding hydrogens is 364 g/mol. The van der Waals surface area contributed by atoms with Crippen LogP contribution in [-0.4, -0.2) is 40.6 Å². The summed E-state index contributed by atoms with van der Waals surface area (Å²) in [5, 5.41) is 7.58. The number of anilines is 1. The van der Waals surface area contributed by atoms with Gasteiger partial charge >= 0.3 is 0 Å². The van der Waals surface area contributed by atoms with Crippen molar-refractivity contribution in [3.63, 3.8) is 0 Å². The molecule has 27 heavy (non-hydrogen) atoms. The van der Waals surface area contributed by atoms with Crippen molar-refractivity contribution in [2.75, 3.05) is 16.8 Å². The number of hydrogen-bond acceptors (Lipinski definition) is 5. The van der Waals surface area contributed by atoms with E-state index in [-0.39, 0.29) is 23.5 Å². The molecule has 144 valence electrons.